The van der Waals surface area contributed by atoms with E-state index < -0.39 is 17.8 Å². The van der Waals surface area contributed by atoms with E-state index in [0.29, 0.717) is 5.56 Å². The molecule has 2 N–H and O–H groups in total. The number of carbonyl (C=O) groups is 4. The van der Waals surface area contributed by atoms with Gasteiger partial charge >= 0.3 is 5.97 Å². The van der Waals surface area contributed by atoms with Gasteiger partial charge < -0.3 is 5.11 Å². The van der Waals surface area contributed by atoms with Gasteiger partial charge in [-0.25, -0.2) is 0 Å². The summed E-state index contributed by atoms with van der Waals surface area (Å²) in [6, 6.07) is 8.81. The smallest absolute Gasteiger partial charge is 0.303 e. The molecule has 0 fully saturated rings. The molecule has 0 saturated heterocycles. The van der Waals surface area contributed by atoms with Crippen LogP contribution < -0.4 is 5.32 Å². The fraction of sp³-hybridized carbons (Fsp3) is 0.176. The zero-order valence-corrected chi connectivity index (χ0v) is 12.1. The Kier molecular flexibility index (Phi) is 3.65. The predicted octanol–water partition coefficient (Wildman–Crippen LogP) is 1.70. The SMILES string of the molecule is O=C(O)CCC(=O)Cc1c2c(cc3ccccc13)C(=O)NC2=O. The van der Waals surface area contributed by atoms with Crippen LogP contribution in [0, 0.1) is 0 Å². The summed E-state index contributed by atoms with van der Waals surface area (Å²) in [5.74, 6) is -2.32. The molecule has 0 aliphatic carbocycles. The lowest BCUT2D eigenvalue weighted by atomic mass is 9.91. The van der Waals surface area contributed by atoms with Crippen molar-refractivity contribution < 1.29 is 24.3 Å². The van der Waals surface area contributed by atoms with Gasteiger partial charge in [0.05, 0.1) is 17.5 Å². The zero-order valence-electron chi connectivity index (χ0n) is 12.1. The molecule has 116 valence electrons. The van der Waals surface area contributed by atoms with E-state index in [0.717, 1.165) is 10.8 Å². The number of rotatable bonds is 5. The number of imide groups is 1. The number of benzene rings is 2. The highest BCUT2D eigenvalue weighted by Crippen LogP contribution is 2.30. The number of ketones is 1. The van der Waals surface area contributed by atoms with E-state index in [-0.39, 0.29) is 36.2 Å². The molecular formula is C17H13NO5. The summed E-state index contributed by atoms with van der Waals surface area (Å²) in [5.41, 5.74) is 0.962. The van der Waals surface area contributed by atoms with Crippen molar-refractivity contribution in [1.82, 2.24) is 5.32 Å². The molecule has 1 aliphatic heterocycles. The molecule has 0 unspecified atom stereocenters. The van der Waals surface area contributed by atoms with Crippen molar-refractivity contribution in [3.63, 3.8) is 0 Å². The largest absolute Gasteiger partial charge is 0.481 e. The van der Waals surface area contributed by atoms with Gasteiger partial charge in [-0.15, -0.1) is 0 Å². The van der Waals surface area contributed by atoms with Crippen molar-refractivity contribution in [2.75, 3.05) is 0 Å². The van der Waals surface area contributed by atoms with E-state index in [1.165, 1.54) is 0 Å². The number of nitrogens with one attached hydrogen (secondary N) is 1. The predicted molar refractivity (Wildman–Crippen MR) is 81.3 cm³/mol. The third kappa shape index (κ3) is 2.70. The van der Waals surface area contributed by atoms with Crippen LogP contribution in [0.1, 0.15) is 39.1 Å². The summed E-state index contributed by atoms with van der Waals surface area (Å²) in [6.07, 6.45) is -0.433. The van der Waals surface area contributed by atoms with E-state index in [4.69, 9.17) is 5.11 Å². The molecule has 2 aromatic rings. The summed E-state index contributed by atoms with van der Waals surface area (Å²) in [4.78, 5) is 46.6. The average Bonchev–Trinajstić information content (AvgIpc) is 2.79. The highest BCUT2D eigenvalue weighted by Gasteiger charge is 2.31. The van der Waals surface area contributed by atoms with Crippen LogP contribution in [0.2, 0.25) is 0 Å². The summed E-state index contributed by atoms with van der Waals surface area (Å²) < 4.78 is 0. The van der Waals surface area contributed by atoms with Crippen LogP contribution >= 0.6 is 0 Å². The zero-order chi connectivity index (χ0) is 16.6. The van der Waals surface area contributed by atoms with Crippen LogP contribution in [0.15, 0.2) is 30.3 Å². The maximum absolute atomic E-state index is 12.1. The van der Waals surface area contributed by atoms with Gasteiger partial charge in [-0.1, -0.05) is 24.3 Å². The first-order valence-electron chi connectivity index (χ1n) is 7.11. The molecule has 0 saturated carbocycles. The topological polar surface area (TPSA) is 101 Å². The highest BCUT2D eigenvalue weighted by molar-refractivity contribution is 6.24. The number of carboxylic acid groups (broad SMARTS) is 1. The van der Waals surface area contributed by atoms with Gasteiger partial charge in [-0.2, -0.15) is 0 Å². The first kappa shape index (κ1) is 14.9. The summed E-state index contributed by atoms with van der Waals surface area (Å²) in [7, 11) is 0. The van der Waals surface area contributed by atoms with Crippen molar-refractivity contribution in [3.8, 4) is 0 Å². The number of carbonyl (C=O) groups excluding carboxylic acids is 3. The van der Waals surface area contributed by atoms with Crippen molar-refractivity contribution in [2.45, 2.75) is 19.3 Å². The number of amides is 2. The monoisotopic (exact) mass is 311 g/mol. The van der Waals surface area contributed by atoms with Gasteiger partial charge in [0.2, 0.25) is 0 Å². The molecule has 0 radical (unpaired) electrons. The Balaban J connectivity index is 2.09. The van der Waals surface area contributed by atoms with Crippen molar-refractivity contribution >= 4 is 34.3 Å². The fourth-order valence-corrected chi connectivity index (χ4v) is 2.81. The number of carboxylic acids is 1. The number of aliphatic carboxylic acids is 1. The molecule has 0 atom stereocenters. The second-order valence-corrected chi connectivity index (χ2v) is 5.39. The Hall–Kier alpha value is -3.02. The van der Waals surface area contributed by atoms with Crippen LogP contribution in [0.25, 0.3) is 10.8 Å². The number of fused-ring (bicyclic) bond motifs is 2. The molecule has 6 nitrogen and oxygen atoms in total. The molecule has 1 aliphatic rings. The van der Waals surface area contributed by atoms with Crippen molar-refractivity contribution in [3.05, 3.63) is 47.0 Å². The first-order valence-corrected chi connectivity index (χ1v) is 7.11. The van der Waals surface area contributed by atoms with Gasteiger partial charge in [0, 0.05) is 12.8 Å². The number of hydrogen-bond acceptors (Lipinski definition) is 4. The van der Waals surface area contributed by atoms with E-state index in [1.807, 2.05) is 0 Å². The van der Waals surface area contributed by atoms with Crippen LogP contribution in [-0.2, 0) is 16.0 Å². The summed E-state index contributed by atoms with van der Waals surface area (Å²) in [5, 5.41) is 12.4. The Labute approximate surface area is 131 Å². The first-order chi connectivity index (χ1) is 11.0. The van der Waals surface area contributed by atoms with Crippen LogP contribution in [0.4, 0.5) is 0 Å². The second kappa shape index (κ2) is 5.64. The van der Waals surface area contributed by atoms with Crippen molar-refractivity contribution in [1.29, 1.82) is 0 Å². The normalized spacial score (nSPS) is 13.0. The summed E-state index contributed by atoms with van der Waals surface area (Å²) in [6.45, 7) is 0. The summed E-state index contributed by atoms with van der Waals surface area (Å²) >= 11 is 0. The molecule has 23 heavy (non-hydrogen) atoms. The Morgan fingerprint density at radius 3 is 2.52 bits per heavy atom. The fourth-order valence-electron chi connectivity index (χ4n) is 2.81. The Morgan fingerprint density at radius 2 is 1.78 bits per heavy atom. The van der Waals surface area contributed by atoms with E-state index in [2.05, 4.69) is 5.32 Å². The lowest BCUT2D eigenvalue weighted by Crippen LogP contribution is -2.20. The molecule has 3 rings (SSSR count). The lowest BCUT2D eigenvalue weighted by molar-refractivity contribution is -0.138. The Morgan fingerprint density at radius 1 is 1.04 bits per heavy atom. The third-order valence-corrected chi connectivity index (χ3v) is 3.85. The molecule has 0 bridgehead atoms. The number of Topliss-reactive ketones (excluding diaryl/α,β-unsaturated/α-hetero) is 1. The molecule has 2 aromatic carbocycles. The van der Waals surface area contributed by atoms with Crippen LogP contribution in [-0.4, -0.2) is 28.7 Å². The van der Waals surface area contributed by atoms with Crippen molar-refractivity contribution in [2.24, 2.45) is 0 Å². The molecule has 2 amide bonds. The maximum Gasteiger partial charge on any atom is 0.303 e. The molecule has 0 aromatic heterocycles. The van der Waals surface area contributed by atoms with Gasteiger partial charge in [-0.05, 0) is 22.4 Å². The molecule has 1 heterocycles. The minimum absolute atomic E-state index is 0.0718. The molecule has 0 spiro atoms. The van der Waals surface area contributed by atoms with Gasteiger partial charge in [0.25, 0.3) is 11.8 Å². The molecular weight excluding hydrogens is 298 g/mol. The maximum atomic E-state index is 12.1. The quantitative estimate of drug-likeness (QED) is 0.819. The minimum atomic E-state index is -1.05. The van der Waals surface area contributed by atoms with Gasteiger partial charge in [0.15, 0.2) is 0 Å². The second-order valence-electron chi connectivity index (χ2n) is 5.39. The lowest BCUT2D eigenvalue weighted by Gasteiger charge is -2.10. The standard InChI is InChI=1S/C17H13NO5/c19-10(5-6-14(20)21)8-12-11-4-2-1-3-9(11)7-13-15(12)17(23)18-16(13)22/h1-4,7H,5-6,8H2,(H,20,21)(H,18,22,23). The van der Waals surface area contributed by atoms with Crippen LogP contribution in [0.3, 0.4) is 0 Å². The average molecular weight is 311 g/mol. The van der Waals surface area contributed by atoms with E-state index >= 15 is 0 Å². The minimum Gasteiger partial charge on any atom is -0.481 e. The molecule has 6 heteroatoms. The van der Waals surface area contributed by atoms with E-state index in [9.17, 15) is 19.2 Å². The Bertz CT molecular complexity index is 869. The van der Waals surface area contributed by atoms with E-state index in [1.54, 1.807) is 30.3 Å². The number of hydrogen-bond donors (Lipinski definition) is 2. The third-order valence-electron chi connectivity index (χ3n) is 3.85. The van der Waals surface area contributed by atoms with Crippen LogP contribution in [0.5, 0.6) is 0 Å². The highest BCUT2D eigenvalue weighted by atomic mass is 16.4. The van der Waals surface area contributed by atoms with Gasteiger partial charge in [0.1, 0.15) is 5.78 Å². The van der Waals surface area contributed by atoms with Gasteiger partial charge in [-0.3, -0.25) is 24.5 Å².